The Morgan fingerprint density at radius 3 is 2.76 bits per heavy atom. The average Bonchev–Trinajstić information content (AvgIpc) is 3.29. The standard InChI is InChI=1S/C17H21ClO3/c1-11(12-6-8-20-9-7-12)21-17(19)15-10-14(15)13-4-2-3-5-16(13)18/h2-5,11-12,14-15H,6-10H2,1H3/t11-,14-,15-/m0/s1. The van der Waals surface area contributed by atoms with Crippen LogP contribution < -0.4 is 0 Å². The molecule has 1 saturated carbocycles. The van der Waals surface area contributed by atoms with Crippen LogP contribution >= 0.6 is 11.6 Å². The van der Waals surface area contributed by atoms with Gasteiger partial charge in [0.25, 0.3) is 0 Å². The molecule has 2 fully saturated rings. The summed E-state index contributed by atoms with van der Waals surface area (Å²) in [5.41, 5.74) is 1.07. The maximum atomic E-state index is 12.3. The van der Waals surface area contributed by atoms with Crippen molar-refractivity contribution >= 4 is 17.6 Å². The zero-order valence-corrected chi connectivity index (χ0v) is 13.0. The van der Waals surface area contributed by atoms with Crippen LogP contribution in [0.25, 0.3) is 0 Å². The number of carbonyl (C=O) groups is 1. The Kier molecular flexibility index (Phi) is 4.51. The predicted octanol–water partition coefficient (Wildman–Crippen LogP) is 3.80. The second-order valence-electron chi connectivity index (χ2n) is 6.06. The number of rotatable bonds is 4. The normalized spacial score (nSPS) is 27.1. The van der Waals surface area contributed by atoms with E-state index in [4.69, 9.17) is 21.1 Å². The van der Waals surface area contributed by atoms with E-state index in [1.165, 1.54) is 0 Å². The third kappa shape index (κ3) is 3.41. The van der Waals surface area contributed by atoms with E-state index >= 15 is 0 Å². The van der Waals surface area contributed by atoms with Gasteiger partial charge in [-0.05, 0) is 43.7 Å². The number of carbonyl (C=O) groups excluding carboxylic acids is 1. The predicted molar refractivity (Wildman–Crippen MR) is 81.4 cm³/mol. The summed E-state index contributed by atoms with van der Waals surface area (Å²) in [6.07, 6.45) is 2.79. The Bertz CT molecular complexity index is 511. The van der Waals surface area contributed by atoms with Gasteiger partial charge in [0.1, 0.15) is 6.10 Å². The Labute approximate surface area is 130 Å². The summed E-state index contributed by atoms with van der Waals surface area (Å²) >= 11 is 6.19. The molecule has 4 heteroatoms. The van der Waals surface area contributed by atoms with Crippen LogP contribution in [0.1, 0.15) is 37.7 Å². The fourth-order valence-electron chi connectivity index (χ4n) is 3.13. The molecule has 0 N–H and O–H groups in total. The molecule has 0 aromatic heterocycles. The van der Waals surface area contributed by atoms with Crippen LogP contribution in [-0.2, 0) is 14.3 Å². The van der Waals surface area contributed by atoms with Gasteiger partial charge in [-0.3, -0.25) is 4.79 Å². The number of hydrogen-bond acceptors (Lipinski definition) is 3. The van der Waals surface area contributed by atoms with E-state index in [0.717, 1.165) is 43.1 Å². The highest BCUT2D eigenvalue weighted by atomic mass is 35.5. The highest BCUT2D eigenvalue weighted by molar-refractivity contribution is 6.31. The molecule has 1 aromatic carbocycles. The highest BCUT2D eigenvalue weighted by Crippen LogP contribution is 2.50. The minimum Gasteiger partial charge on any atom is -0.462 e. The molecule has 1 saturated heterocycles. The van der Waals surface area contributed by atoms with Crippen molar-refractivity contribution in [2.45, 2.75) is 38.2 Å². The molecule has 3 nitrogen and oxygen atoms in total. The molecule has 0 bridgehead atoms. The van der Waals surface area contributed by atoms with Crippen LogP contribution in [-0.4, -0.2) is 25.3 Å². The van der Waals surface area contributed by atoms with Gasteiger partial charge in [0.2, 0.25) is 0 Å². The lowest BCUT2D eigenvalue weighted by Crippen LogP contribution is -2.29. The summed E-state index contributed by atoms with van der Waals surface area (Å²) in [5.74, 6) is 0.569. The fraction of sp³-hybridized carbons (Fsp3) is 0.588. The zero-order chi connectivity index (χ0) is 14.8. The van der Waals surface area contributed by atoms with Gasteiger partial charge in [0.05, 0.1) is 5.92 Å². The van der Waals surface area contributed by atoms with Crippen molar-refractivity contribution in [1.29, 1.82) is 0 Å². The summed E-state index contributed by atoms with van der Waals surface area (Å²) in [7, 11) is 0. The molecule has 1 heterocycles. The van der Waals surface area contributed by atoms with Crippen molar-refractivity contribution in [1.82, 2.24) is 0 Å². The van der Waals surface area contributed by atoms with Crippen LogP contribution in [0.2, 0.25) is 5.02 Å². The summed E-state index contributed by atoms with van der Waals surface area (Å²) in [6, 6.07) is 7.76. The van der Waals surface area contributed by atoms with Crippen LogP contribution in [0.15, 0.2) is 24.3 Å². The Morgan fingerprint density at radius 2 is 2.05 bits per heavy atom. The molecular formula is C17H21ClO3. The van der Waals surface area contributed by atoms with E-state index in [1.807, 2.05) is 31.2 Å². The molecule has 1 aliphatic heterocycles. The Morgan fingerprint density at radius 1 is 1.33 bits per heavy atom. The molecule has 114 valence electrons. The lowest BCUT2D eigenvalue weighted by atomic mass is 9.95. The summed E-state index contributed by atoms with van der Waals surface area (Å²) < 4.78 is 11.0. The maximum Gasteiger partial charge on any atom is 0.309 e. The van der Waals surface area contributed by atoms with Gasteiger partial charge in [-0.2, -0.15) is 0 Å². The average molecular weight is 309 g/mol. The van der Waals surface area contributed by atoms with Gasteiger partial charge in [0.15, 0.2) is 0 Å². The molecule has 2 aliphatic rings. The van der Waals surface area contributed by atoms with Crippen molar-refractivity contribution in [3.8, 4) is 0 Å². The fourth-order valence-corrected chi connectivity index (χ4v) is 3.40. The van der Waals surface area contributed by atoms with E-state index in [-0.39, 0.29) is 23.9 Å². The smallest absolute Gasteiger partial charge is 0.309 e. The lowest BCUT2D eigenvalue weighted by molar-refractivity contribution is -0.154. The SMILES string of the molecule is C[C@H](OC(=O)[C@H]1C[C@H]1c1ccccc1Cl)C1CCOCC1. The van der Waals surface area contributed by atoms with E-state index in [9.17, 15) is 4.79 Å². The van der Waals surface area contributed by atoms with Gasteiger partial charge in [0, 0.05) is 24.2 Å². The van der Waals surface area contributed by atoms with Crippen LogP contribution in [0, 0.1) is 11.8 Å². The van der Waals surface area contributed by atoms with Crippen molar-refractivity contribution in [3.63, 3.8) is 0 Å². The van der Waals surface area contributed by atoms with Gasteiger partial charge in [-0.25, -0.2) is 0 Å². The zero-order valence-electron chi connectivity index (χ0n) is 12.3. The van der Waals surface area contributed by atoms with Crippen molar-refractivity contribution in [3.05, 3.63) is 34.9 Å². The van der Waals surface area contributed by atoms with Crippen LogP contribution in [0.5, 0.6) is 0 Å². The first-order valence-corrected chi connectivity index (χ1v) is 8.07. The highest BCUT2D eigenvalue weighted by Gasteiger charge is 2.46. The number of hydrogen-bond donors (Lipinski definition) is 0. The van der Waals surface area contributed by atoms with Crippen molar-refractivity contribution < 1.29 is 14.3 Å². The molecule has 0 amide bonds. The Hall–Kier alpha value is -1.06. The summed E-state index contributed by atoms with van der Waals surface area (Å²) in [5, 5.41) is 0.746. The van der Waals surface area contributed by atoms with Gasteiger partial charge in [-0.15, -0.1) is 0 Å². The minimum atomic E-state index is -0.0705. The third-order valence-corrected chi connectivity index (χ3v) is 4.97. The first kappa shape index (κ1) is 14.9. The van der Waals surface area contributed by atoms with E-state index < -0.39 is 0 Å². The van der Waals surface area contributed by atoms with Gasteiger partial charge in [-0.1, -0.05) is 29.8 Å². The Balaban J connectivity index is 1.54. The topological polar surface area (TPSA) is 35.5 Å². The molecule has 0 spiro atoms. The second-order valence-corrected chi connectivity index (χ2v) is 6.47. The largest absolute Gasteiger partial charge is 0.462 e. The molecule has 0 unspecified atom stereocenters. The quantitative estimate of drug-likeness (QED) is 0.794. The number of esters is 1. The summed E-state index contributed by atoms with van der Waals surface area (Å²) in [4.78, 5) is 12.3. The van der Waals surface area contributed by atoms with Gasteiger partial charge >= 0.3 is 5.97 Å². The van der Waals surface area contributed by atoms with Crippen molar-refractivity contribution in [2.24, 2.45) is 11.8 Å². The van der Waals surface area contributed by atoms with Crippen molar-refractivity contribution in [2.75, 3.05) is 13.2 Å². The molecule has 0 radical (unpaired) electrons. The lowest BCUT2D eigenvalue weighted by Gasteiger charge is -2.27. The summed E-state index contributed by atoms with van der Waals surface area (Å²) in [6.45, 7) is 3.55. The second kappa shape index (κ2) is 6.37. The number of benzene rings is 1. The molecule has 3 atom stereocenters. The molecule has 1 aliphatic carbocycles. The van der Waals surface area contributed by atoms with E-state index in [1.54, 1.807) is 0 Å². The number of halogens is 1. The van der Waals surface area contributed by atoms with Gasteiger partial charge < -0.3 is 9.47 Å². The number of ether oxygens (including phenoxy) is 2. The first-order valence-electron chi connectivity index (χ1n) is 7.69. The molecule has 21 heavy (non-hydrogen) atoms. The maximum absolute atomic E-state index is 12.3. The van der Waals surface area contributed by atoms with E-state index in [0.29, 0.717) is 5.92 Å². The van der Waals surface area contributed by atoms with E-state index in [2.05, 4.69) is 0 Å². The monoisotopic (exact) mass is 308 g/mol. The minimum absolute atomic E-state index is 0.0195. The molecule has 3 rings (SSSR count). The third-order valence-electron chi connectivity index (χ3n) is 4.63. The van der Waals surface area contributed by atoms with Crippen LogP contribution in [0.3, 0.4) is 0 Å². The molecular weight excluding hydrogens is 288 g/mol. The first-order chi connectivity index (χ1) is 10.2. The molecule has 1 aromatic rings. The van der Waals surface area contributed by atoms with Crippen LogP contribution in [0.4, 0.5) is 0 Å².